The zero-order valence-electron chi connectivity index (χ0n) is 38.9. The Hall–Kier alpha value is -2.60. The van der Waals surface area contributed by atoms with E-state index in [1.54, 1.807) is 34.1 Å². The van der Waals surface area contributed by atoms with Gasteiger partial charge in [-0.25, -0.2) is 0 Å². The molecule has 6 aliphatic heterocycles. The molecular formula is C50H72O14. The average molecular weight is 897 g/mol. The second-order valence-corrected chi connectivity index (χ2v) is 19.8. The van der Waals surface area contributed by atoms with Crippen molar-refractivity contribution < 1.29 is 67.2 Å². The van der Waals surface area contributed by atoms with Crippen molar-refractivity contribution in [2.75, 3.05) is 20.8 Å². The second kappa shape index (κ2) is 19.9. The Kier molecular flexibility index (Phi) is 14.9. The topological polar surface area (TPSA) is 167 Å². The summed E-state index contributed by atoms with van der Waals surface area (Å²) in [7, 11) is 3.22. The van der Waals surface area contributed by atoms with Gasteiger partial charge in [0.25, 0.3) is 0 Å². The molecule has 18 atom stereocenters. The van der Waals surface area contributed by atoms with Crippen LogP contribution < -0.4 is 0 Å². The normalized spacial score (nSPS) is 47.2. The van der Waals surface area contributed by atoms with Crippen molar-refractivity contribution in [1.29, 1.82) is 0 Å². The van der Waals surface area contributed by atoms with Crippen LogP contribution in [-0.4, -0.2) is 134 Å². The zero-order chi connectivity index (χ0) is 45.5. The minimum absolute atomic E-state index is 0.0236. The highest BCUT2D eigenvalue weighted by atomic mass is 16.7. The van der Waals surface area contributed by atoms with Crippen LogP contribution in [0.25, 0.3) is 0 Å². The van der Waals surface area contributed by atoms with Crippen LogP contribution in [0.1, 0.15) is 106 Å². The number of ether oxygens (including phenoxy) is 10. The standard InChI is InChI=1S/C50H72O14/c1-27-13-12-16-34-26-57-47-42(51)30(4)21-37(50(34,47)54)48(53)60-36-22-35(63-49(25-36)20-19-29(3)45(64-49)33-14-10-9-11-15-33)18-17-28(2)44(27)61-41-24-39(56-8)46(32(6)59-41)62-40-23-38(55-7)43(52)31(5)58-40/h12-13,16-17,19-21,27,29,31-33,35-41,43-47,52,54H,9-11,14-15,18,22-26H2,1-8H3/b13-12+,28-17+,34-16?/t27-,29-,31-,32-,35+,36-,37-,38-,39-,40-,41-,43-,44-,45-,46-,47+,49+,50+/m0/s1. The first-order valence-corrected chi connectivity index (χ1v) is 23.8. The first kappa shape index (κ1) is 47.9. The molecule has 1 saturated carbocycles. The third-order valence-electron chi connectivity index (χ3n) is 15.2. The average Bonchev–Trinajstić information content (AvgIpc) is 3.62. The first-order valence-electron chi connectivity index (χ1n) is 23.8. The van der Waals surface area contributed by atoms with Crippen molar-refractivity contribution in [2.45, 2.75) is 197 Å². The largest absolute Gasteiger partial charge is 0.462 e. The van der Waals surface area contributed by atoms with E-state index in [1.165, 1.54) is 25.3 Å². The second-order valence-electron chi connectivity index (χ2n) is 19.8. The van der Waals surface area contributed by atoms with Gasteiger partial charge in [-0.15, -0.1) is 0 Å². The van der Waals surface area contributed by atoms with Gasteiger partial charge in [0.15, 0.2) is 30.3 Å². The number of rotatable bonds is 7. The van der Waals surface area contributed by atoms with Gasteiger partial charge in [0.05, 0.1) is 49.3 Å². The highest BCUT2D eigenvalue weighted by Gasteiger charge is 2.60. The summed E-state index contributed by atoms with van der Waals surface area (Å²) in [5.41, 5.74) is -0.200. The van der Waals surface area contributed by atoms with Crippen LogP contribution in [0.3, 0.4) is 0 Å². The van der Waals surface area contributed by atoms with E-state index in [9.17, 15) is 19.8 Å². The summed E-state index contributed by atoms with van der Waals surface area (Å²) in [4.78, 5) is 27.9. The summed E-state index contributed by atoms with van der Waals surface area (Å²) in [5, 5.41) is 23.0. The number of methoxy groups -OCH3 is 2. The van der Waals surface area contributed by atoms with Crippen LogP contribution in [0.4, 0.5) is 0 Å². The molecule has 0 aromatic rings. The number of hydrogen-bond acceptors (Lipinski definition) is 14. The van der Waals surface area contributed by atoms with Crippen LogP contribution >= 0.6 is 0 Å². The van der Waals surface area contributed by atoms with Gasteiger partial charge in [0.2, 0.25) is 0 Å². The summed E-state index contributed by atoms with van der Waals surface area (Å²) in [6, 6.07) is 0. The van der Waals surface area contributed by atoms with Crippen molar-refractivity contribution >= 4 is 11.8 Å². The summed E-state index contributed by atoms with van der Waals surface area (Å²) in [6.45, 7) is 11.7. The van der Waals surface area contributed by atoms with Crippen molar-refractivity contribution in [3.63, 3.8) is 0 Å². The van der Waals surface area contributed by atoms with Gasteiger partial charge in [-0.2, -0.15) is 0 Å². The van der Waals surface area contributed by atoms with E-state index in [0.29, 0.717) is 49.2 Å². The molecule has 356 valence electrons. The molecule has 0 aromatic carbocycles. The monoisotopic (exact) mass is 896 g/mol. The van der Waals surface area contributed by atoms with Crippen LogP contribution in [0.15, 0.2) is 59.3 Å². The fourth-order valence-corrected chi connectivity index (χ4v) is 11.5. The van der Waals surface area contributed by atoms with Crippen molar-refractivity contribution in [3.05, 3.63) is 59.3 Å². The Bertz CT molecular complexity index is 1830. The Morgan fingerprint density at radius 3 is 2.30 bits per heavy atom. The predicted octanol–water partition coefficient (Wildman–Crippen LogP) is 6.12. The summed E-state index contributed by atoms with van der Waals surface area (Å²) >= 11 is 0. The van der Waals surface area contributed by atoms with Crippen molar-refractivity contribution in [2.24, 2.45) is 23.7 Å². The van der Waals surface area contributed by atoms with E-state index >= 15 is 0 Å². The molecule has 2 aliphatic carbocycles. The molecule has 0 amide bonds. The highest BCUT2D eigenvalue weighted by Crippen LogP contribution is 2.47. The number of fused-ring (bicyclic) bond motifs is 2. The van der Waals surface area contributed by atoms with Gasteiger partial charge in [-0.3, -0.25) is 9.59 Å². The molecule has 0 unspecified atom stereocenters. The van der Waals surface area contributed by atoms with Crippen molar-refractivity contribution in [3.8, 4) is 0 Å². The molecule has 4 saturated heterocycles. The lowest BCUT2D eigenvalue weighted by Gasteiger charge is -2.49. The number of aliphatic hydroxyl groups is 2. The molecular weight excluding hydrogens is 825 g/mol. The Morgan fingerprint density at radius 2 is 1.55 bits per heavy atom. The Balaban J connectivity index is 1.08. The number of hydrogen-bond donors (Lipinski definition) is 2. The van der Waals surface area contributed by atoms with Crippen LogP contribution in [0, 0.1) is 23.7 Å². The maximum absolute atomic E-state index is 14.4. The van der Waals surface area contributed by atoms with Gasteiger partial charge < -0.3 is 57.6 Å². The van der Waals surface area contributed by atoms with Gasteiger partial charge in [-0.05, 0) is 75.7 Å². The molecule has 8 rings (SSSR count). The number of carbonyl (C=O) groups is 2. The van der Waals surface area contributed by atoms with Crippen molar-refractivity contribution in [1.82, 2.24) is 0 Å². The quantitative estimate of drug-likeness (QED) is 0.222. The Morgan fingerprint density at radius 1 is 0.828 bits per heavy atom. The van der Waals surface area contributed by atoms with E-state index < -0.39 is 84.7 Å². The molecule has 5 fully saturated rings. The smallest absolute Gasteiger partial charge is 0.316 e. The Labute approximate surface area is 378 Å². The lowest BCUT2D eigenvalue weighted by Crippen LogP contribution is -2.57. The van der Waals surface area contributed by atoms with Crippen LogP contribution in [0.5, 0.6) is 0 Å². The van der Waals surface area contributed by atoms with Gasteiger partial charge in [-0.1, -0.05) is 69.6 Å². The number of ketones is 1. The zero-order valence-corrected chi connectivity index (χ0v) is 38.9. The summed E-state index contributed by atoms with van der Waals surface area (Å²) in [6.07, 6.45) is 14.3. The molecule has 0 aromatic heterocycles. The van der Waals surface area contributed by atoms with Gasteiger partial charge >= 0.3 is 5.97 Å². The molecule has 14 heteroatoms. The molecule has 2 bridgehead atoms. The molecule has 6 heterocycles. The lowest BCUT2D eigenvalue weighted by molar-refractivity contribution is -0.318. The fraction of sp³-hybridized carbons (Fsp3) is 0.760. The van der Waals surface area contributed by atoms with E-state index in [0.717, 1.165) is 18.4 Å². The minimum Gasteiger partial charge on any atom is -0.462 e. The number of aliphatic hydroxyl groups excluding tert-OH is 1. The maximum Gasteiger partial charge on any atom is 0.316 e. The minimum atomic E-state index is -1.93. The maximum atomic E-state index is 14.4. The number of carbonyl (C=O) groups excluding carboxylic acids is 2. The molecule has 64 heavy (non-hydrogen) atoms. The fourth-order valence-electron chi connectivity index (χ4n) is 11.5. The molecule has 1 spiro atoms. The van der Waals surface area contributed by atoms with Crippen LogP contribution in [-0.2, 0) is 57.0 Å². The third kappa shape index (κ3) is 9.72. The van der Waals surface area contributed by atoms with E-state index in [4.69, 9.17) is 47.4 Å². The molecule has 0 radical (unpaired) electrons. The lowest BCUT2D eigenvalue weighted by atomic mass is 9.71. The predicted molar refractivity (Wildman–Crippen MR) is 233 cm³/mol. The van der Waals surface area contributed by atoms with E-state index in [1.807, 2.05) is 32.1 Å². The van der Waals surface area contributed by atoms with Gasteiger partial charge in [0.1, 0.15) is 29.8 Å². The molecule has 14 nitrogen and oxygen atoms in total. The summed E-state index contributed by atoms with van der Waals surface area (Å²) < 4.78 is 63.9. The first-order chi connectivity index (χ1) is 30.6. The number of Topliss-reactive ketones (excluding diaryl/α,β-unsaturated/α-hetero) is 1. The van der Waals surface area contributed by atoms with Crippen LogP contribution in [0.2, 0.25) is 0 Å². The molecule has 2 N–H and O–H groups in total. The van der Waals surface area contributed by atoms with E-state index in [-0.39, 0.29) is 42.5 Å². The highest BCUT2D eigenvalue weighted by molar-refractivity contribution is 6.03. The SMILES string of the molecule is CO[C@H]1C[C@H](O[C@H]2[C@H](C)O[C@@H](O[C@@H]3/C(C)=C/C[C@@H]4C[C@@H](C[C@]5(C=C[C@H](C)[C@@H](C6CCCCC6)O5)O4)OC(=O)[C@@H]4C=C(C)C(=O)[C@H]5OCC(=C/C=C/[C@@H]3C)[C@]54O)C[C@@H]2OC)O[C@@H](C)[C@@H]1O. The number of allylic oxidation sites excluding steroid dienone is 2. The summed E-state index contributed by atoms with van der Waals surface area (Å²) in [5.74, 6) is -2.83. The third-order valence-corrected chi connectivity index (χ3v) is 15.2. The van der Waals surface area contributed by atoms with Gasteiger partial charge in [0, 0.05) is 51.7 Å². The number of esters is 1. The van der Waals surface area contributed by atoms with E-state index in [2.05, 4.69) is 26.0 Å². The molecule has 8 aliphatic rings.